The highest BCUT2D eigenvalue weighted by Gasteiger charge is 2.48. The molecule has 1 aromatic heterocycles. The van der Waals surface area contributed by atoms with Gasteiger partial charge in [0.1, 0.15) is 17.4 Å². The molecule has 47 heavy (non-hydrogen) atoms. The lowest BCUT2D eigenvalue weighted by atomic mass is 10.1. The number of unbranched alkanes of at least 4 members (excludes halogenated alkanes) is 7. The third-order valence-electron chi connectivity index (χ3n) is 8.31. The Labute approximate surface area is 271 Å². The lowest BCUT2D eigenvalue weighted by molar-refractivity contribution is -0.140. The van der Waals surface area contributed by atoms with Gasteiger partial charge in [0.25, 0.3) is 0 Å². The van der Waals surface area contributed by atoms with Crippen molar-refractivity contribution in [2.45, 2.75) is 112 Å². The molecule has 0 unspecified atom stereocenters. The topological polar surface area (TPSA) is 123 Å². The van der Waals surface area contributed by atoms with E-state index in [1.165, 1.54) is 51.4 Å². The number of carboxylic acids is 1. The summed E-state index contributed by atoms with van der Waals surface area (Å²) >= 11 is 0. The van der Waals surface area contributed by atoms with E-state index in [1.807, 2.05) is 0 Å². The quantitative estimate of drug-likeness (QED) is 0.155. The Morgan fingerprint density at radius 3 is 2.11 bits per heavy atom. The smallest absolute Gasteiger partial charge is 0.419 e. The molecule has 2 heterocycles. The number of nitrogens with zero attached hydrogens (tertiary/aromatic N) is 3. The number of hydrogen-bond donors (Lipinski definition) is 2. The van der Waals surface area contributed by atoms with Crippen LogP contribution in [-0.2, 0) is 27.0 Å². The maximum absolute atomic E-state index is 13.4. The maximum Gasteiger partial charge on any atom is 0.419 e. The van der Waals surface area contributed by atoms with Crippen molar-refractivity contribution in [2.24, 2.45) is 0 Å². The molecule has 1 saturated heterocycles. The number of alkyl halides is 6. The number of halogens is 6. The fourth-order valence-electron chi connectivity index (χ4n) is 5.51. The van der Waals surface area contributed by atoms with Crippen LogP contribution in [0.15, 0.2) is 47.5 Å². The molecule has 2 atom stereocenters. The first-order valence-corrected chi connectivity index (χ1v) is 17.2. The zero-order valence-electron chi connectivity index (χ0n) is 26.1. The Balaban J connectivity index is 0.000000316. The number of anilines is 1. The van der Waals surface area contributed by atoms with E-state index < -0.39 is 74.3 Å². The molecule has 1 aliphatic carbocycles. The molecule has 2 aromatic rings. The third-order valence-corrected chi connectivity index (χ3v) is 10.5. The Kier molecular flexibility index (Phi) is 13.1. The number of aliphatic carboxylic acids is 1. The molecule has 15 heteroatoms. The third kappa shape index (κ3) is 10.3. The Bertz CT molecular complexity index is 1490. The molecule has 260 valence electrons. The molecule has 2 aliphatic rings. The Morgan fingerprint density at radius 1 is 0.979 bits per heavy atom. The van der Waals surface area contributed by atoms with Crippen LogP contribution < -0.4 is 10.2 Å². The van der Waals surface area contributed by atoms with E-state index in [0.29, 0.717) is 17.0 Å². The van der Waals surface area contributed by atoms with Crippen LogP contribution in [0, 0.1) is 11.3 Å². The molecule has 0 spiro atoms. The predicted octanol–water partition coefficient (Wildman–Crippen LogP) is 7.40. The summed E-state index contributed by atoms with van der Waals surface area (Å²) < 4.78 is 106. The van der Waals surface area contributed by atoms with Gasteiger partial charge >= 0.3 is 18.3 Å². The number of sulfone groups is 1. The van der Waals surface area contributed by atoms with Gasteiger partial charge in [-0.25, -0.2) is 18.2 Å². The molecule has 0 radical (unpaired) electrons. The zero-order chi connectivity index (χ0) is 34.9. The van der Waals surface area contributed by atoms with Crippen LogP contribution in [0.1, 0.15) is 88.7 Å². The van der Waals surface area contributed by atoms with Gasteiger partial charge in [-0.15, -0.1) is 0 Å². The number of carbonyl (C=O) groups is 1. The van der Waals surface area contributed by atoms with Crippen LogP contribution in [0.2, 0.25) is 0 Å². The average Bonchev–Trinajstić information content (AvgIpc) is 3.65. The number of aromatic nitrogens is 1. The van der Waals surface area contributed by atoms with Crippen molar-refractivity contribution < 1.29 is 44.7 Å². The van der Waals surface area contributed by atoms with Gasteiger partial charge in [0.2, 0.25) is 0 Å². The van der Waals surface area contributed by atoms with Crippen LogP contribution in [0.5, 0.6) is 0 Å². The second kappa shape index (κ2) is 16.1. The van der Waals surface area contributed by atoms with E-state index in [2.05, 4.69) is 23.3 Å². The summed E-state index contributed by atoms with van der Waals surface area (Å²) in [6.45, 7) is 2.52. The second-order valence-electron chi connectivity index (χ2n) is 11.9. The summed E-state index contributed by atoms with van der Waals surface area (Å²) in [6, 6.07) is 5.64. The monoisotopic (exact) mass is 690 g/mol. The second-order valence-corrected chi connectivity index (χ2v) is 14.1. The van der Waals surface area contributed by atoms with E-state index in [1.54, 1.807) is 0 Å². The van der Waals surface area contributed by atoms with Crippen LogP contribution >= 0.6 is 0 Å². The molecule has 8 nitrogen and oxygen atoms in total. The normalized spacial score (nSPS) is 19.1. The molecular weight excluding hydrogens is 650 g/mol. The summed E-state index contributed by atoms with van der Waals surface area (Å²) in [5, 5.41) is 20.0. The summed E-state index contributed by atoms with van der Waals surface area (Å²) in [5.41, 5.74) is -2.83. The predicted molar refractivity (Wildman–Crippen MR) is 163 cm³/mol. The summed E-state index contributed by atoms with van der Waals surface area (Å²) in [4.78, 5) is 14.8. The number of carboxylic acid groups (broad SMARTS) is 1. The van der Waals surface area contributed by atoms with Crippen LogP contribution in [0.25, 0.3) is 0 Å². The maximum atomic E-state index is 13.4. The molecule has 0 amide bonds. The van der Waals surface area contributed by atoms with Crippen LogP contribution in [0.4, 0.5) is 32.2 Å². The minimum absolute atomic E-state index is 0.110. The highest BCUT2D eigenvalue weighted by atomic mass is 32.2. The lowest BCUT2D eigenvalue weighted by Gasteiger charge is -2.25. The van der Waals surface area contributed by atoms with E-state index in [9.17, 15) is 44.7 Å². The molecular formula is C32H40F6N4O4S. The first-order valence-electron chi connectivity index (χ1n) is 15.7. The van der Waals surface area contributed by atoms with Crippen molar-refractivity contribution in [3.63, 3.8) is 0 Å². The number of hydrogen-bond acceptors (Lipinski definition) is 7. The fraction of sp³-hybridized carbons (Fsp3) is 0.594. The van der Waals surface area contributed by atoms with Gasteiger partial charge in [-0.1, -0.05) is 64.0 Å². The Morgan fingerprint density at radius 2 is 1.55 bits per heavy atom. The van der Waals surface area contributed by atoms with Crippen molar-refractivity contribution >= 4 is 21.6 Å². The van der Waals surface area contributed by atoms with Crippen molar-refractivity contribution in [1.82, 2.24) is 10.3 Å². The number of nitrogens with one attached hydrogen (secondary N) is 1. The van der Waals surface area contributed by atoms with Gasteiger partial charge in [0, 0.05) is 12.7 Å². The van der Waals surface area contributed by atoms with Crippen molar-refractivity contribution in [3.05, 3.63) is 53.7 Å². The summed E-state index contributed by atoms with van der Waals surface area (Å²) in [7, 11) is -4.74. The molecule has 0 bridgehead atoms. The van der Waals surface area contributed by atoms with E-state index >= 15 is 0 Å². The zero-order valence-corrected chi connectivity index (χ0v) is 26.9. The summed E-state index contributed by atoms with van der Waals surface area (Å²) in [6.07, 6.45) is 3.32. The minimum Gasteiger partial charge on any atom is -0.480 e. The number of rotatable bonds is 14. The molecule has 2 fully saturated rings. The largest absolute Gasteiger partial charge is 0.480 e. The highest BCUT2D eigenvalue weighted by Crippen LogP contribution is 2.41. The van der Waals surface area contributed by atoms with Crippen molar-refractivity contribution in [1.29, 1.82) is 5.26 Å². The van der Waals surface area contributed by atoms with Gasteiger partial charge in [0.05, 0.1) is 27.3 Å². The number of pyridine rings is 1. The van der Waals surface area contributed by atoms with E-state index in [-0.39, 0.29) is 5.54 Å². The van der Waals surface area contributed by atoms with Gasteiger partial charge < -0.3 is 10.0 Å². The van der Waals surface area contributed by atoms with Gasteiger partial charge in [-0.2, -0.15) is 31.6 Å². The molecule has 1 saturated carbocycles. The Hall–Kier alpha value is -3.38. The lowest BCUT2D eigenvalue weighted by Crippen LogP contribution is -2.38. The minimum atomic E-state index is -5.00. The first kappa shape index (κ1) is 38.1. The van der Waals surface area contributed by atoms with Gasteiger partial charge in [0.15, 0.2) is 9.84 Å². The standard InChI is InChI=1S/C18H14F6N2O4S.C14H26N2/c19-17(20,21)11-4-1-2-6-14(11)31(29,30)10-8-13(16(27)28)26(9-10)15-12(18(22,23)24)5-3-7-25-15;1-2-3-4-5-6-7-8-9-12-16-14(13-15)10-11-14/h1-7,10,13H,8-9H2,(H,27,28);16H,2-12H2,1H3/t10-,13-;/m1./s1. The van der Waals surface area contributed by atoms with Crippen LogP contribution in [-0.4, -0.2) is 54.4 Å². The molecule has 1 aromatic carbocycles. The molecule has 2 N–H and O–H groups in total. The fourth-order valence-corrected chi connectivity index (χ4v) is 7.42. The van der Waals surface area contributed by atoms with Gasteiger partial charge in [-0.3, -0.25) is 5.32 Å². The number of nitriles is 1. The SMILES string of the molecule is CCCCCCCCCCNC1(C#N)CC1.O=C(O)[C@H]1C[C@@H](S(=O)(=O)c2ccccc2C(F)(F)F)CN1c1ncccc1C(F)(F)F. The van der Waals surface area contributed by atoms with Crippen LogP contribution in [0.3, 0.4) is 0 Å². The van der Waals surface area contributed by atoms with Crippen molar-refractivity contribution in [2.75, 3.05) is 18.0 Å². The average molecular weight is 691 g/mol. The first-order chi connectivity index (χ1) is 22.1. The molecule has 1 aliphatic heterocycles. The van der Waals surface area contributed by atoms with Gasteiger partial charge in [-0.05, 0) is 56.5 Å². The van der Waals surface area contributed by atoms with E-state index in [4.69, 9.17) is 5.26 Å². The highest BCUT2D eigenvalue weighted by molar-refractivity contribution is 7.92. The molecule has 4 rings (SSSR count). The van der Waals surface area contributed by atoms with E-state index in [0.717, 1.165) is 49.8 Å². The van der Waals surface area contributed by atoms with Crippen molar-refractivity contribution in [3.8, 4) is 6.07 Å². The summed E-state index contributed by atoms with van der Waals surface area (Å²) in [5.74, 6) is -2.43. The number of benzene rings is 1.